The van der Waals surface area contributed by atoms with Crippen molar-refractivity contribution < 1.29 is 9.84 Å². The van der Waals surface area contributed by atoms with E-state index in [1.807, 2.05) is 6.07 Å². The first-order valence-corrected chi connectivity index (χ1v) is 5.18. The fraction of sp³-hybridized carbons (Fsp3) is 0.333. The molecular formula is C9H10INO2. The Bertz CT molecular complexity index is 341. The van der Waals surface area contributed by atoms with E-state index in [0.29, 0.717) is 6.61 Å². The molecule has 2 rings (SSSR count). The molecule has 0 aliphatic carbocycles. The average molecular weight is 291 g/mol. The van der Waals surface area contributed by atoms with Gasteiger partial charge < -0.3 is 15.6 Å². The maximum atomic E-state index is 9.59. The van der Waals surface area contributed by atoms with Crippen molar-refractivity contribution in [3.05, 3.63) is 21.3 Å². The van der Waals surface area contributed by atoms with E-state index < -0.39 is 0 Å². The van der Waals surface area contributed by atoms with Crippen LogP contribution >= 0.6 is 22.6 Å². The van der Waals surface area contributed by atoms with Gasteiger partial charge in [0.05, 0.1) is 15.7 Å². The molecule has 1 aliphatic heterocycles. The highest BCUT2D eigenvalue weighted by molar-refractivity contribution is 14.1. The van der Waals surface area contributed by atoms with Crippen molar-refractivity contribution in [3.8, 4) is 11.5 Å². The molecule has 1 aromatic carbocycles. The third kappa shape index (κ3) is 1.48. The van der Waals surface area contributed by atoms with Gasteiger partial charge in [0.2, 0.25) is 0 Å². The van der Waals surface area contributed by atoms with Crippen molar-refractivity contribution in [3.63, 3.8) is 0 Å². The van der Waals surface area contributed by atoms with Crippen LogP contribution in [0.4, 0.5) is 0 Å². The number of rotatable bonds is 0. The van der Waals surface area contributed by atoms with Gasteiger partial charge in [-0.25, -0.2) is 0 Å². The predicted octanol–water partition coefficient (Wildman–Crippen LogP) is 1.78. The lowest BCUT2D eigenvalue weighted by atomic mass is 10.0. The van der Waals surface area contributed by atoms with E-state index in [2.05, 4.69) is 22.6 Å². The Morgan fingerprint density at radius 2 is 2.31 bits per heavy atom. The quantitative estimate of drug-likeness (QED) is 0.716. The fourth-order valence-corrected chi connectivity index (χ4v) is 2.13. The van der Waals surface area contributed by atoms with Gasteiger partial charge >= 0.3 is 0 Å². The Hall–Kier alpha value is -0.490. The van der Waals surface area contributed by atoms with Crippen molar-refractivity contribution in [1.82, 2.24) is 0 Å². The highest BCUT2D eigenvalue weighted by Crippen LogP contribution is 2.40. The molecule has 0 amide bonds. The third-order valence-corrected chi connectivity index (χ3v) is 3.02. The first kappa shape index (κ1) is 9.08. The second-order valence-corrected chi connectivity index (χ2v) is 4.22. The van der Waals surface area contributed by atoms with E-state index in [1.165, 1.54) is 0 Å². The number of aromatic hydroxyl groups is 1. The van der Waals surface area contributed by atoms with E-state index >= 15 is 0 Å². The Balaban J connectivity index is 2.60. The van der Waals surface area contributed by atoms with Crippen LogP contribution in [0, 0.1) is 3.57 Å². The zero-order chi connectivity index (χ0) is 9.42. The Kier molecular flexibility index (Phi) is 2.33. The zero-order valence-electron chi connectivity index (χ0n) is 6.96. The molecule has 0 radical (unpaired) electrons. The van der Waals surface area contributed by atoms with Gasteiger partial charge in [0.15, 0.2) is 0 Å². The number of halogens is 1. The number of phenolic OH excluding ortho intramolecular Hbond substituents is 1. The van der Waals surface area contributed by atoms with E-state index in [1.54, 1.807) is 6.07 Å². The smallest absolute Gasteiger partial charge is 0.141 e. The van der Waals surface area contributed by atoms with Crippen LogP contribution in [-0.2, 0) is 0 Å². The topological polar surface area (TPSA) is 55.5 Å². The number of fused-ring (bicyclic) bond motifs is 1. The minimum absolute atomic E-state index is 0.0986. The zero-order valence-corrected chi connectivity index (χ0v) is 9.11. The van der Waals surface area contributed by atoms with Crippen LogP contribution in [-0.4, -0.2) is 11.7 Å². The maximum Gasteiger partial charge on any atom is 0.141 e. The summed E-state index contributed by atoms with van der Waals surface area (Å²) in [5.41, 5.74) is 6.62. The molecule has 0 saturated heterocycles. The van der Waals surface area contributed by atoms with Crippen molar-refractivity contribution in [2.45, 2.75) is 12.5 Å². The predicted molar refractivity (Wildman–Crippen MR) is 57.9 cm³/mol. The van der Waals surface area contributed by atoms with E-state index in [9.17, 15) is 5.11 Å². The molecule has 1 unspecified atom stereocenters. The van der Waals surface area contributed by atoms with Gasteiger partial charge in [0.25, 0.3) is 0 Å². The molecule has 3 nitrogen and oxygen atoms in total. The lowest BCUT2D eigenvalue weighted by molar-refractivity contribution is 0.262. The molecular weight excluding hydrogens is 281 g/mol. The molecule has 0 spiro atoms. The normalized spacial score (nSPS) is 20.6. The van der Waals surface area contributed by atoms with Crippen molar-refractivity contribution in [1.29, 1.82) is 0 Å². The number of benzene rings is 1. The summed E-state index contributed by atoms with van der Waals surface area (Å²) in [4.78, 5) is 0. The number of nitrogens with two attached hydrogens (primary N) is 1. The number of phenols is 1. The molecule has 1 heterocycles. The molecule has 0 bridgehead atoms. The second-order valence-electron chi connectivity index (χ2n) is 3.05. The molecule has 13 heavy (non-hydrogen) atoms. The van der Waals surface area contributed by atoms with Crippen molar-refractivity contribution in [2.24, 2.45) is 5.73 Å². The van der Waals surface area contributed by atoms with E-state index in [4.69, 9.17) is 10.5 Å². The van der Waals surface area contributed by atoms with Crippen molar-refractivity contribution in [2.75, 3.05) is 6.61 Å². The standard InChI is InChI=1S/C9H10INO2/c10-5-1-2-7(12)8-6(11)3-4-13-9(5)8/h1-2,6,12H,3-4,11H2. The molecule has 3 N–H and O–H groups in total. The molecule has 4 heteroatoms. The Morgan fingerprint density at radius 1 is 1.54 bits per heavy atom. The molecule has 1 atom stereocenters. The summed E-state index contributed by atoms with van der Waals surface area (Å²) < 4.78 is 6.46. The van der Waals surface area contributed by atoms with Gasteiger partial charge in [-0.1, -0.05) is 0 Å². The first-order valence-electron chi connectivity index (χ1n) is 4.10. The summed E-state index contributed by atoms with van der Waals surface area (Å²) in [6.07, 6.45) is 0.765. The summed E-state index contributed by atoms with van der Waals surface area (Å²) >= 11 is 2.18. The Morgan fingerprint density at radius 3 is 3.00 bits per heavy atom. The van der Waals surface area contributed by atoms with Gasteiger partial charge in [0, 0.05) is 12.5 Å². The van der Waals surface area contributed by atoms with Gasteiger partial charge in [-0.3, -0.25) is 0 Å². The molecule has 0 aromatic heterocycles. The SMILES string of the molecule is NC1CCOc2c(I)ccc(O)c21. The van der Waals surface area contributed by atoms with Crippen LogP contribution in [0.2, 0.25) is 0 Å². The summed E-state index contributed by atoms with van der Waals surface area (Å²) in [6, 6.07) is 3.39. The van der Waals surface area contributed by atoms with Gasteiger partial charge in [-0.2, -0.15) is 0 Å². The fourth-order valence-electron chi connectivity index (χ4n) is 1.50. The Labute approximate surface area is 90.0 Å². The lowest BCUT2D eigenvalue weighted by Crippen LogP contribution is -2.21. The highest BCUT2D eigenvalue weighted by atomic mass is 127. The number of ether oxygens (including phenoxy) is 1. The molecule has 0 saturated carbocycles. The monoisotopic (exact) mass is 291 g/mol. The van der Waals surface area contributed by atoms with Gasteiger partial charge in [-0.05, 0) is 34.7 Å². The molecule has 1 aromatic rings. The van der Waals surface area contributed by atoms with Crippen LogP contribution in [0.25, 0.3) is 0 Å². The molecule has 70 valence electrons. The number of hydrogen-bond acceptors (Lipinski definition) is 3. The van der Waals surface area contributed by atoms with E-state index in [-0.39, 0.29) is 11.8 Å². The van der Waals surface area contributed by atoms with Crippen LogP contribution < -0.4 is 10.5 Å². The molecule has 1 aliphatic rings. The van der Waals surface area contributed by atoms with Crippen molar-refractivity contribution >= 4 is 22.6 Å². The van der Waals surface area contributed by atoms with Gasteiger partial charge in [0.1, 0.15) is 11.5 Å². The van der Waals surface area contributed by atoms with Crippen LogP contribution in [0.5, 0.6) is 11.5 Å². The average Bonchev–Trinajstić information content (AvgIpc) is 2.12. The first-order chi connectivity index (χ1) is 6.20. The third-order valence-electron chi connectivity index (χ3n) is 2.17. The minimum Gasteiger partial charge on any atom is -0.507 e. The maximum absolute atomic E-state index is 9.59. The van der Waals surface area contributed by atoms with Crippen LogP contribution in [0.1, 0.15) is 18.0 Å². The van der Waals surface area contributed by atoms with Gasteiger partial charge in [-0.15, -0.1) is 0 Å². The summed E-state index contributed by atoms with van der Waals surface area (Å²) in [5, 5.41) is 9.59. The summed E-state index contributed by atoms with van der Waals surface area (Å²) in [7, 11) is 0. The number of hydrogen-bond donors (Lipinski definition) is 2. The largest absolute Gasteiger partial charge is 0.507 e. The highest BCUT2D eigenvalue weighted by Gasteiger charge is 2.23. The lowest BCUT2D eigenvalue weighted by Gasteiger charge is -2.24. The minimum atomic E-state index is -0.0986. The summed E-state index contributed by atoms with van der Waals surface area (Å²) in [5.74, 6) is 0.988. The van der Waals surface area contributed by atoms with Crippen LogP contribution in [0.15, 0.2) is 12.1 Å². The molecule has 0 fully saturated rings. The summed E-state index contributed by atoms with van der Waals surface area (Å²) in [6.45, 7) is 0.633. The van der Waals surface area contributed by atoms with E-state index in [0.717, 1.165) is 21.3 Å². The second kappa shape index (κ2) is 3.34. The van der Waals surface area contributed by atoms with Crippen LogP contribution in [0.3, 0.4) is 0 Å².